The zero-order chi connectivity index (χ0) is 18.4. The van der Waals surface area contributed by atoms with Gasteiger partial charge in [-0.15, -0.1) is 0 Å². The third-order valence-corrected chi connectivity index (χ3v) is 3.61. The highest BCUT2D eigenvalue weighted by Gasteiger charge is 2.12. The Bertz CT molecular complexity index is 914. The maximum absolute atomic E-state index is 12.3. The van der Waals surface area contributed by atoms with Gasteiger partial charge in [0.05, 0.1) is 18.6 Å². The number of ether oxygens (including phenoxy) is 2. The summed E-state index contributed by atoms with van der Waals surface area (Å²) >= 11 is 0. The van der Waals surface area contributed by atoms with Crippen molar-refractivity contribution in [1.29, 1.82) is 0 Å². The van der Waals surface area contributed by atoms with Gasteiger partial charge in [-0.3, -0.25) is 9.59 Å². The van der Waals surface area contributed by atoms with Crippen molar-refractivity contribution in [3.8, 4) is 17.2 Å². The number of carbonyl (C=O) groups is 1. The number of H-pyrrole nitrogens is 1. The molecule has 1 aromatic carbocycles. The molecule has 0 aliphatic heterocycles. The molecule has 1 amide bonds. The summed E-state index contributed by atoms with van der Waals surface area (Å²) in [5.74, 6) is 0.698. The van der Waals surface area contributed by atoms with E-state index in [2.05, 4.69) is 10.3 Å². The number of methoxy groups -OCH3 is 1. The third kappa shape index (κ3) is 4.20. The molecule has 2 aromatic heterocycles. The molecule has 0 saturated carbocycles. The molecule has 0 bridgehead atoms. The second-order valence-electron chi connectivity index (χ2n) is 5.41. The Labute approximate surface area is 149 Å². The second-order valence-corrected chi connectivity index (χ2v) is 5.41. The summed E-state index contributed by atoms with van der Waals surface area (Å²) in [6.45, 7) is 0.939. The number of anilines is 1. The van der Waals surface area contributed by atoms with E-state index in [9.17, 15) is 9.59 Å². The zero-order valence-corrected chi connectivity index (χ0v) is 14.2. The predicted molar refractivity (Wildman–Crippen MR) is 96.5 cm³/mol. The summed E-state index contributed by atoms with van der Waals surface area (Å²) in [6, 6.07) is 13.4. The smallest absolute Gasteiger partial charge is 0.261 e. The van der Waals surface area contributed by atoms with Crippen LogP contribution >= 0.6 is 0 Å². The fourth-order valence-corrected chi connectivity index (χ4v) is 2.30. The van der Waals surface area contributed by atoms with Crippen LogP contribution in [0.1, 0.15) is 10.4 Å². The maximum Gasteiger partial charge on any atom is 0.261 e. The Kier molecular flexibility index (Phi) is 5.50. The lowest BCUT2D eigenvalue weighted by Gasteiger charge is -2.08. The number of pyridine rings is 1. The SMILES string of the molecule is COCCOc1ccc(NC(=O)c2ccc(-c3ccco3)[nH]c2=O)cc1. The molecule has 0 aliphatic carbocycles. The molecular weight excluding hydrogens is 336 g/mol. The molecule has 0 unspecified atom stereocenters. The van der Waals surface area contributed by atoms with Crippen LogP contribution in [-0.2, 0) is 4.74 Å². The third-order valence-electron chi connectivity index (χ3n) is 3.61. The number of aromatic nitrogens is 1. The highest BCUT2D eigenvalue weighted by Crippen LogP contribution is 2.18. The number of hydrogen-bond donors (Lipinski definition) is 2. The van der Waals surface area contributed by atoms with Crippen molar-refractivity contribution in [2.45, 2.75) is 0 Å². The molecule has 0 fully saturated rings. The quantitative estimate of drug-likeness (QED) is 0.636. The van der Waals surface area contributed by atoms with Crippen molar-refractivity contribution in [3.05, 3.63) is 70.7 Å². The van der Waals surface area contributed by atoms with E-state index in [4.69, 9.17) is 13.9 Å². The van der Waals surface area contributed by atoms with Gasteiger partial charge in [0.15, 0.2) is 0 Å². The Morgan fingerprint density at radius 1 is 1.12 bits per heavy atom. The van der Waals surface area contributed by atoms with Gasteiger partial charge in [-0.25, -0.2) is 0 Å². The number of furan rings is 1. The molecule has 0 aliphatic rings. The molecule has 0 atom stereocenters. The van der Waals surface area contributed by atoms with Gasteiger partial charge in [-0.2, -0.15) is 0 Å². The van der Waals surface area contributed by atoms with Crippen molar-refractivity contribution in [1.82, 2.24) is 4.98 Å². The number of aromatic amines is 1. The Morgan fingerprint density at radius 3 is 2.58 bits per heavy atom. The standard InChI is InChI=1S/C19H18N2O5/c1-24-11-12-25-14-6-4-13(5-7-14)20-18(22)15-8-9-16(21-19(15)23)17-3-2-10-26-17/h2-10H,11-12H2,1H3,(H,20,22)(H,21,23). The Hall–Kier alpha value is -3.32. The highest BCUT2D eigenvalue weighted by atomic mass is 16.5. The summed E-state index contributed by atoms with van der Waals surface area (Å²) in [6.07, 6.45) is 1.51. The minimum absolute atomic E-state index is 0.0146. The molecule has 0 radical (unpaired) electrons. The molecule has 3 rings (SSSR count). The molecule has 26 heavy (non-hydrogen) atoms. The number of carbonyl (C=O) groups excluding carboxylic acids is 1. The largest absolute Gasteiger partial charge is 0.491 e. The first-order chi connectivity index (χ1) is 12.7. The summed E-state index contributed by atoms with van der Waals surface area (Å²) in [5, 5.41) is 2.69. The first-order valence-electron chi connectivity index (χ1n) is 7.98. The average Bonchev–Trinajstić information content (AvgIpc) is 3.18. The molecule has 0 saturated heterocycles. The Balaban J connectivity index is 1.67. The van der Waals surface area contributed by atoms with Gasteiger partial charge in [-0.05, 0) is 48.5 Å². The van der Waals surface area contributed by atoms with Crippen molar-refractivity contribution in [3.63, 3.8) is 0 Å². The predicted octanol–water partition coefficient (Wildman–Crippen LogP) is 2.91. The lowest BCUT2D eigenvalue weighted by Crippen LogP contribution is -2.23. The minimum atomic E-state index is -0.495. The molecule has 2 heterocycles. The average molecular weight is 354 g/mol. The highest BCUT2D eigenvalue weighted by molar-refractivity contribution is 6.04. The van der Waals surface area contributed by atoms with E-state index in [1.807, 2.05) is 0 Å². The summed E-state index contributed by atoms with van der Waals surface area (Å²) < 4.78 is 15.6. The van der Waals surface area contributed by atoms with Crippen molar-refractivity contribution >= 4 is 11.6 Å². The van der Waals surface area contributed by atoms with E-state index in [0.717, 1.165) is 0 Å². The summed E-state index contributed by atoms with van der Waals surface area (Å²) in [7, 11) is 1.60. The van der Waals surface area contributed by atoms with Crippen molar-refractivity contribution in [2.24, 2.45) is 0 Å². The van der Waals surface area contributed by atoms with E-state index in [1.165, 1.54) is 12.3 Å². The normalized spacial score (nSPS) is 10.5. The van der Waals surface area contributed by atoms with Crippen molar-refractivity contribution in [2.75, 3.05) is 25.6 Å². The van der Waals surface area contributed by atoms with Gasteiger partial charge in [-0.1, -0.05) is 0 Å². The maximum atomic E-state index is 12.3. The van der Waals surface area contributed by atoms with Gasteiger partial charge >= 0.3 is 0 Å². The van der Waals surface area contributed by atoms with Crippen LogP contribution in [0.3, 0.4) is 0 Å². The Morgan fingerprint density at radius 2 is 1.92 bits per heavy atom. The van der Waals surface area contributed by atoms with Crippen molar-refractivity contribution < 1.29 is 18.7 Å². The van der Waals surface area contributed by atoms with Gasteiger partial charge in [0.2, 0.25) is 0 Å². The van der Waals surface area contributed by atoms with Crippen LogP contribution in [0.5, 0.6) is 5.75 Å². The lowest BCUT2D eigenvalue weighted by molar-refractivity contribution is 0.102. The number of rotatable bonds is 7. The topological polar surface area (TPSA) is 93.6 Å². The van der Waals surface area contributed by atoms with Gasteiger partial charge < -0.3 is 24.2 Å². The summed E-state index contributed by atoms with van der Waals surface area (Å²) in [4.78, 5) is 27.1. The second kappa shape index (κ2) is 8.17. The monoisotopic (exact) mass is 354 g/mol. The molecule has 7 heteroatoms. The van der Waals surface area contributed by atoms with E-state index in [-0.39, 0.29) is 5.56 Å². The van der Waals surface area contributed by atoms with E-state index in [1.54, 1.807) is 49.6 Å². The first kappa shape index (κ1) is 17.5. The summed E-state index contributed by atoms with van der Waals surface area (Å²) in [5.41, 5.74) is 0.592. The number of benzene rings is 1. The minimum Gasteiger partial charge on any atom is -0.491 e. The van der Waals surface area contributed by atoms with Crippen LogP contribution in [0, 0.1) is 0 Å². The number of amides is 1. The molecule has 0 spiro atoms. The van der Waals surface area contributed by atoms with Gasteiger partial charge in [0, 0.05) is 12.8 Å². The molecule has 3 aromatic rings. The van der Waals surface area contributed by atoms with E-state index >= 15 is 0 Å². The first-order valence-corrected chi connectivity index (χ1v) is 7.98. The van der Waals surface area contributed by atoms with Gasteiger partial charge in [0.1, 0.15) is 23.7 Å². The zero-order valence-electron chi connectivity index (χ0n) is 14.2. The van der Waals surface area contributed by atoms with E-state index < -0.39 is 11.5 Å². The number of nitrogens with one attached hydrogen (secondary N) is 2. The fraction of sp³-hybridized carbons (Fsp3) is 0.158. The molecular formula is C19H18N2O5. The van der Waals surface area contributed by atoms with Crippen LogP contribution in [0.25, 0.3) is 11.5 Å². The fourth-order valence-electron chi connectivity index (χ4n) is 2.30. The van der Waals surface area contributed by atoms with Crippen LogP contribution in [0.15, 0.2) is 64.0 Å². The number of hydrogen-bond acceptors (Lipinski definition) is 5. The lowest BCUT2D eigenvalue weighted by atomic mass is 10.2. The molecule has 134 valence electrons. The van der Waals surface area contributed by atoms with Crippen LogP contribution < -0.4 is 15.6 Å². The van der Waals surface area contributed by atoms with Gasteiger partial charge in [0.25, 0.3) is 11.5 Å². The van der Waals surface area contributed by atoms with Crippen LogP contribution in [0.2, 0.25) is 0 Å². The molecule has 2 N–H and O–H groups in total. The van der Waals surface area contributed by atoms with E-state index in [0.29, 0.717) is 36.1 Å². The van der Waals surface area contributed by atoms with Crippen LogP contribution in [0.4, 0.5) is 5.69 Å². The van der Waals surface area contributed by atoms with Crippen LogP contribution in [-0.4, -0.2) is 31.2 Å². The molecule has 7 nitrogen and oxygen atoms in total.